The maximum atomic E-state index is 13.5. The average Bonchev–Trinajstić information content (AvgIpc) is 3.68. The predicted molar refractivity (Wildman–Crippen MR) is 176 cm³/mol. The Morgan fingerprint density at radius 3 is 2.67 bits per heavy atom. The second-order valence-electron chi connectivity index (χ2n) is 12.4. The summed E-state index contributed by atoms with van der Waals surface area (Å²) in [6.07, 6.45) is 8.45. The molecule has 6 heterocycles. The van der Waals surface area contributed by atoms with E-state index < -0.39 is 18.6 Å². The molecule has 0 spiro atoms. The third-order valence-corrected chi connectivity index (χ3v) is 10.4. The number of nitrogens with one attached hydrogen (secondary N) is 1. The standard InChI is InChI=1S/C33H38F2N8O5S/c1-40(23-19-46-20-23)22-7-12-41(13-8-22)28(44)18-42-17-27(38-32(45)26-16-37-43-11-2-10-36-31(26)43)30(39-42)21-3-5-25(6-4-21)49-29-15-24(9-14-47-29)48-33(34)35/h2-6,10-11,16-17,22-24,29,33H,7-9,12-15,18-20H2,1H3,(H,38,45). The summed E-state index contributed by atoms with van der Waals surface area (Å²) in [5, 5.41) is 11.9. The van der Waals surface area contributed by atoms with Crippen molar-refractivity contribution in [1.29, 1.82) is 0 Å². The number of fused-ring (bicyclic) bond motifs is 1. The lowest BCUT2D eigenvalue weighted by Gasteiger charge is -2.43. The highest BCUT2D eigenvalue weighted by Gasteiger charge is 2.32. The van der Waals surface area contributed by atoms with Crippen LogP contribution in [-0.2, 0) is 25.5 Å². The van der Waals surface area contributed by atoms with Crippen LogP contribution in [0, 0.1) is 0 Å². The van der Waals surface area contributed by atoms with Crippen molar-refractivity contribution >= 4 is 34.9 Å². The van der Waals surface area contributed by atoms with Crippen molar-refractivity contribution in [3.8, 4) is 11.3 Å². The van der Waals surface area contributed by atoms with E-state index in [2.05, 4.69) is 27.3 Å². The summed E-state index contributed by atoms with van der Waals surface area (Å²) in [5.74, 6) is -0.453. The molecule has 260 valence electrons. The number of likely N-dealkylation sites (N-methyl/N-ethyl adjacent to an activating group) is 1. The van der Waals surface area contributed by atoms with Crippen molar-refractivity contribution in [2.24, 2.45) is 0 Å². The number of alkyl halides is 2. The second-order valence-corrected chi connectivity index (χ2v) is 13.7. The summed E-state index contributed by atoms with van der Waals surface area (Å²) in [6.45, 7) is 0.417. The summed E-state index contributed by atoms with van der Waals surface area (Å²) in [6, 6.07) is 10.1. The van der Waals surface area contributed by atoms with Gasteiger partial charge in [0, 0.05) is 54.6 Å². The van der Waals surface area contributed by atoms with E-state index in [4.69, 9.17) is 19.3 Å². The number of amides is 2. The van der Waals surface area contributed by atoms with Crippen LogP contribution in [0.4, 0.5) is 14.5 Å². The summed E-state index contributed by atoms with van der Waals surface area (Å²) in [4.78, 5) is 36.3. The number of aromatic nitrogens is 5. The number of rotatable bonds is 11. The van der Waals surface area contributed by atoms with Crippen LogP contribution in [-0.4, -0.2) is 116 Å². The van der Waals surface area contributed by atoms with E-state index in [1.807, 2.05) is 29.2 Å². The monoisotopic (exact) mass is 696 g/mol. The van der Waals surface area contributed by atoms with E-state index in [0.29, 0.717) is 67.2 Å². The summed E-state index contributed by atoms with van der Waals surface area (Å²) >= 11 is 1.43. The number of carbonyl (C=O) groups excluding carboxylic acids is 2. The summed E-state index contributed by atoms with van der Waals surface area (Å²) < 4.78 is 44.4. The smallest absolute Gasteiger partial charge is 0.345 e. The third kappa shape index (κ3) is 7.78. The normalized spacial score (nSPS) is 20.6. The van der Waals surface area contributed by atoms with Crippen molar-refractivity contribution in [2.75, 3.05) is 45.3 Å². The highest BCUT2D eigenvalue weighted by molar-refractivity contribution is 7.99. The minimum atomic E-state index is -2.81. The van der Waals surface area contributed by atoms with Gasteiger partial charge in [0.1, 0.15) is 23.2 Å². The van der Waals surface area contributed by atoms with Gasteiger partial charge in [0.05, 0.1) is 43.9 Å². The molecule has 3 aromatic heterocycles. The molecule has 0 aliphatic carbocycles. The molecule has 13 nitrogen and oxygen atoms in total. The molecule has 4 aromatic rings. The molecule has 2 unspecified atom stereocenters. The summed E-state index contributed by atoms with van der Waals surface area (Å²) in [5.41, 5.74) is 2.03. The van der Waals surface area contributed by atoms with Crippen LogP contribution in [0.25, 0.3) is 16.9 Å². The maximum absolute atomic E-state index is 13.5. The molecule has 0 bridgehead atoms. The molecule has 3 fully saturated rings. The first-order valence-electron chi connectivity index (χ1n) is 16.4. The van der Waals surface area contributed by atoms with Crippen molar-refractivity contribution < 1.29 is 32.6 Å². The molecule has 49 heavy (non-hydrogen) atoms. The fraction of sp³-hybridized carbons (Fsp3) is 0.485. The predicted octanol–water partition coefficient (Wildman–Crippen LogP) is 4.00. The quantitative estimate of drug-likeness (QED) is 0.246. The van der Waals surface area contributed by atoms with Gasteiger partial charge in [-0.2, -0.15) is 19.0 Å². The van der Waals surface area contributed by atoms with Crippen molar-refractivity contribution in [2.45, 2.75) is 67.4 Å². The van der Waals surface area contributed by atoms with Crippen molar-refractivity contribution in [3.05, 3.63) is 60.7 Å². The van der Waals surface area contributed by atoms with Crippen LogP contribution >= 0.6 is 11.8 Å². The summed E-state index contributed by atoms with van der Waals surface area (Å²) in [7, 11) is 2.13. The van der Waals surface area contributed by atoms with Crippen LogP contribution in [0.3, 0.4) is 0 Å². The number of thioether (sulfide) groups is 1. The lowest BCUT2D eigenvalue weighted by Crippen LogP contribution is -2.54. The van der Waals surface area contributed by atoms with Gasteiger partial charge in [0.25, 0.3) is 5.91 Å². The Bertz CT molecular complexity index is 1760. The van der Waals surface area contributed by atoms with Gasteiger partial charge in [0.2, 0.25) is 5.91 Å². The molecule has 7 rings (SSSR count). The number of ether oxygens (including phenoxy) is 3. The van der Waals surface area contributed by atoms with Crippen molar-refractivity contribution in [3.63, 3.8) is 0 Å². The molecule has 2 atom stereocenters. The van der Waals surface area contributed by atoms with Gasteiger partial charge < -0.3 is 24.4 Å². The van der Waals surface area contributed by atoms with Gasteiger partial charge in [-0.15, -0.1) is 0 Å². The van der Waals surface area contributed by atoms with Crippen LogP contribution in [0.1, 0.15) is 36.0 Å². The number of benzene rings is 1. The van der Waals surface area contributed by atoms with Gasteiger partial charge in [-0.05, 0) is 44.5 Å². The minimum Gasteiger partial charge on any atom is -0.378 e. The van der Waals surface area contributed by atoms with Crippen LogP contribution in [0.15, 0.2) is 60.0 Å². The molecule has 16 heteroatoms. The Balaban J connectivity index is 1.06. The zero-order chi connectivity index (χ0) is 33.9. The van der Waals surface area contributed by atoms with Crippen LogP contribution in [0.2, 0.25) is 0 Å². The number of nitrogens with zero attached hydrogens (tertiary/aromatic N) is 7. The van der Waals surface area contributed by atoms with Gasteiger partial charge in [-0.3, -0.25) is 19.2 Å². The highest BCUT2D eigenvalue weighted by atomic mass is 32.2. The SMILES string of the molecule is CN(C1CCN(C(=O)Cn2cc(NC(=O)c3cnn4cccnc34)c(-c3ccc(SC4CC(OC(F)F)CCO4)cc3)n2)CC1)C1COC1. The first kappa shape index (κ1) is 33.5. The Morgan fingerprint density at radius 2 is 1.94 bits per heavy atom. The number of anilines is 1. The third-order valence-electron chi connectivity index (χ3n) is 9.31. The largest absolute Gasteiger partial charge is 0.378 e. The van der Waals surface area contributed by atoms with Crippen LogP contribution < -0.4 is 5.32 Å². The first-order chi connectivity index (χ1) is 23.8. The van der Waals surface area contributed by atoms with Gasteiger partial charge >= 0.3 is 6.61 Å². The number of piperidine rings is 1. The van der Waals surface area contributed by atoms with Gasteiger partial charge in [-0.25, -0.2) is 9.50 Å². The maximum Gasteiger partial charge on any atom is 0.345 e. The zero-order valence-electron chi connectivity index (χ0n) is 27.0. The Labute approximate surface area is 285 Å². The Morgan fingerprint density at radius 1 is 1.14 bits per heavy atom. The van der Waals surface area contributed by atoms with Gasteiger partial charge in [0.15, 0.2) is 5.65 Å². The second kappa shape index (κ2) is 14.9. The molecule has 3 aliphatic rings. The lowest BCUT2D eigenvalue weighted by atomic mass is 10.0. The topological polar surface area (TPSA) is 128 Å². The molecular formula is C33H38F2N8O5S. The molecule has 3 saturated heterocycles. The number of halogens is 2. The van der Waals surface area contributed by atoms with E-state index in [0.717, 1.165) is 36.5 Å². The highest BCUT2D eigenvalue weighted by Crippen LogP contribution is 2.34. The first-order valence-corrected chi connectivity index (χ1v) is 17.3. The molecule has 1 aromatic carbocycles. The minimum absolute atomic E-state index is 0.0208. The van der Waals surface area contributed by atoms with E-state index in [1.54, 1.807) is 29.3 Å². The van der Waals surface area contributed by atoms with E-state index >= 15 is 0 Å². The molecule has 1 N–H and O–H groups in total. The van der Waals surface area contributed by atoms with Crippen molar-refractivity contribution in [1.82, 2.24) is 34.2 Å². The van der Waals surface area contributed by atoms with E-state index in [9.17, 15) is 18.4 Å². The zero-order valence-corrected chi connectivity index (χ0v) is 27.8. The number of hydrogen-bond donors (Lipinski definition) is 1. The van der Waals surface area contributed by atoms with E-state index in [1.165, 1.54) is 22.5 Å². The fourth-order valence-electron chi connectivity index (χ4n) is 6.43. The average molecular weight is 697 g/mol. The lowest BCUT2D eigenvalue weighted by molar-refractivity contribution is -0.182. The number of carbonyl (C=O) groups is 2. The number of hydrogen-bond acceptors (Lipinski definition) is 10. The molecule has 2 amide bonds. The fourth-order valence-corrected chi connectivity index (χ4v) is 7.50. The molecule has 3 aliphatic heterocycles. The molecule has 0 saturated carbocycles. The molecule has 0 radical (unpaired) electrons. The molecular weight excluding hydrogens is 658 g/mol. The van der Waals surface area contributed by atoms with Crippen LogP contribution in [0.5, 0.6) is 0 Å². The Kier molecular flexibility index (Phi) is 10.2. The van der Waals surface area contributed by atoms with E-state index in [-0.39, 0.29) is 17.9 Å². The van der Waals surface area contributed by atoms with Gasteiger partial charge in [-0.1, -0.05) is 23.9 Å². The Hall–Kier alpha value is -3.96. The number of likely N-dealkylation sites (tertiary alicyclic amines) is 1.